The van der Waals surface area contributed by atoms with Crippen LogP contribution in [0.25, 0.3) is 33.2 Å². The minimum atomic E-state index is -1.67. The van der Waals surface area contributed by atoms with E-state index in [4.69, 9.17) is 35.0 Å². The Bertz CT molecular complexity index is 1950. The summed E-state index contributed by atoms with van der Waals surface area (Å²) in [6, 6.07) is 8.77. The van der Waals surface area contributed by atoms with Crippen LogP contribution >= 0.6 is 11.1 Å². The van der Waals surface area contributed by atoms with Gasteiger partial charge in [-0.05, 0) is 75.7 Å². The number of halogens is 1. The summed E-state index contributed by atoms with van der Waals surface area (Å²) in [6.45, 7) is 25.7. The number of H-pyrrole nitrogens is 1. The standard InChI is InChI=1S/C21H30N2O2Si.C15H16N2O2.C6H15ClSi.Na.H/c1-20(2,3)26(4,5)23-11-8-17-14-18(15-22-19(17)23)16-6-9-21(10-7-16)24-12-13-25-21;1-4-15(18-7-8-19-15)5-2-11(1)13-9-12-3-6-16-14(12)17-10-13;1-6(2,3)8(4,5)7;;/h6,8,11,14-15H,7,9-10,12-13H2,1-5H3;1,3,6,9-10H,2,4-5,7-8H2,(H,16,17);1-5H3;;/q;;;+1;-1. The fraction of sp³-hybridized carbons (Fsp3) is 0.571. The first-order valence-electron chi connectivity index (χ1n) is 19.4. The van der Waals surface area contributed by atoms with Crippen molar-refractivity contribution in [3.63, 3.8) is 0 Å². The van der Waals surface area contributed by atoms with Crippen molar-refractivity contribution in [2.24, 2.45) is 0 Å². The van der Waals surface area contributed by atoms with E-state index in [0.717, 1.165) is 81.6 Å². The molecular formula is C42H62ClN4NaO4Si2. The second-order valence-electron chi connectivity index (χ2n) is 18.1. The molecule has 0 aromatic carbocycles. The summed E-state index contributed by atoms with van der Waals surface area (Å²) in [6.07, 6.45) is 18.2. The van der Waals surface area contributed by atoms with Crippen LogP contribution in [0.1, 0.15) is 92.6 Å². The normalized spacial score (nSPS) is 19.8. The molecule has 0 atom stereocenters. The smallest absolute Gasteiger partial charge is 1.00 e. The van der Waals surface area contributed by atoms with Gasteiger partial charge in [0.25, 0.3) is 0 Å². The van der Waals surface area contributed by atoms with Gasteiger partial charge in [0.15, 0.2) is 27.2 Å². The number of aromatic nitrogens is 4. The number of hydrogen-bond donors (Lipinski definition) is 1. The quantitative estimate of drug-likeness (QED) is 0.166. The number of nitrogens with one attached hydrogen (secondary N) is 1. The van der Waals surface area contributed by atoms with Gasteiger partial charge in [-0.3, -0.25) is 0 Å². The van der Waals surface area contributed by atoms with Crippen LogP contribution in [0.4, 0.5) is 0 Å². The number of hydrogen-bond acceptors (Lipinski definition) is 6. The van der Waals surface area contributed by atoms with E-state index >= 15 is 0 Å². The third-order valence-corrected chi connectivity index (χ3v) is 22.9. The first-order chi connectivity index (χ1) is 24.8. The summed E-state index contributed by atoms with van der Waals surface area (Å²) in [5.41, 5.74) is 7.22. The van der Waals surface area contributed by atoms with E-state index in [1.165, 1.54) is 27.7 Å². The van der Waals surface area contributed by atoms with Gasteiger partial charge in [0, 0.05) is 55.0 Å². The van der Waals surface area contributed by atoms with Crippen molar-refractivity contribution in [2.45, 2.75) is 128 Å². The Labute approximate surface area is 353 Å². The summed E-state index contributed by atoms with van der Waals surface area (Å²) in [7, 11) is -3.05. The second kappa shape index (κ2) is 16.7. The molecule has 2 aliphatic carbocycles. The molecule has 54 heavy (non-hydrogen) atoms. The zero-order chi connectivity index (χ0) is 38.3. The SMILES string of the molecule is C1=C(c2cnc3[nH]ccc3c2)CCC2(C1)OCCO2.CC(C)(C)[Si](C)(C)Cl.CC(C)(C)[Si](C)(C)n1ccc2cc(C3=CCC4(CC3)OCCO4)cnc21.[H-].[Na+]. The summed E-state index contributed by atoms with van der Waals surface area (Å²) < 4.78 is 25.6. The molecule has 2 fully saturated rings. The number of pyridine rings is 2. The first kappa shape index (κ1) is 43.5. The number of allylic oxidation sites excluding steroid dienone is 2. The van der Waals surface area contributed by atoms with Crippen LogP contribution < -0.4 is 29.6 Å². The van der Waals surface area contributed by atoms with Gasteiger partial charge >= 0.3 is 29.6 Å². The van der Waals surface area contributed by atoms with Gasteiger partial charge in [-0.2, -0.15) is 11.1 Å². The number of aromatic amines is 1. The largest absolute Gasteiger partial charge is 1.00 e. The molecule has 4 aliphatic rings. The van der Waals surface area contributed by atoms with Crippen molar-refractivity contribution in [3.05, 3.63) is 72.3 Å². The van der Waals surface area contributed by atoms with Gasteiger partial charge in [-0.25, -0.2) is 9.97 Å². The van der Waals surface area contributed by atoms with Gasteiger partial charge in [0.05, 0.1) is 26.4 Å². The van der Waals surface area contributed by atoms with Gasteiger partial charge in [0.1, 0.15) is 11.3 Å². The molecule has 0 bridgehead atoms. The summed E-state index contributed by atoms with van der Waals surface area (Å²) in [4.78, 5) is 12.4. The number of fused-ring (bicyclic) bond motifs is 2. The molecule has 0 saturated carbocycles. The molecule has 8 nitrogen and oxygen atoms in total. The van der Waals surface area contributed by atoms with E-state index in [1.54, 1.807) is 0 Å². The molecule has 8 rings (SSSR count). The monoisotopic (exact) mass is 800 g/mol. The summed E-state index contributed by atoms with van der Waals surface area (Å²) >= 11 is 6.15. The van der Waals surface area contributed by atoms with Gasteiger partial charge < -0.3 is 29.6 Å². The minimum Gasteiger partial charge on any atom is -1.00 e. The number of rotatable bonds is 3. The van der Waals surface area contributed by atoms with Crippen LogP contribution in [-0.2, 0) is 18.9 Å². The van der Waals surface area contributed by atoms with Crippen molar-refractivity contribution in [1.29, 1.82) is 0 Å². The molecule has 4 aromatic heterocycles. The Hall–Kier alpha value is -1.58. The molecule has 6 heterocycles. The predicted octanol–water partition coefficient (Wildman–Crippen LogP) is 8.42. The maximum Gasteiger partial charge on any atom is 1.00 e. The molecule has 2 aliphatic heterocycles. The van der Waals surface area contributed by atoms with Gasteiger partial charge in [-0.1, -0.05) is 79.9 Å². The van der Waals surface area contributed by atoms with Crippen LogP contribution in [0.5, 0.6) is 0 Å². The zero-order valence-electron chi connectivity index (χ0n) is 35.7. The molecule has 0 radical (unpaired) electrons. The first-order valence-corrected chi connectivity index (χ1v) is 26.3. The van der Waals surface area contributed by atoms with Gasteiger partial charge in [0.2, 0.25) is 0 Å². The van der Waals surface area contributed by atoms with E-state index in [0.29, 0.717) is 5.04 Å². The van der Waals surface area contributed by atoms with Crippen molar-refractivity contribution in [3.8, 4) is 0 Å². The Morgan fingerprint density at radius 1 is 0.741 bits per heavy atom. The fourth-order valence-electron chi connectivity index (χ4n) is 6.79. The van der Waals surface area contributed by atoms with E-state index in [2.05, 4.69) is 125 Å². The average Bonchev–Trinajstić information content (AvgIpc) is 3.92. The molecule has 1 N–H and O–H groups in total. The van der Waals surface area contributed by atoms with Crippen LogP contribution in [0.15, 0.2) is 61.2 Å². The topological polar surface area (TPSA) is 83.4 Å². The molecule has 4 aromatic rings. The Balaban J connectivity index is 0.000000204. The van der Waals surface area contributed by atoms with Crippen LogP contribution in [0, 0.1) is 0 Å². The Kier molecular flexibility index (Phi) is 13.5. The molecule has 2 saturated heterocycles. The van der Waals surface area contributed by atoms with Crippen LogP contribution in [0.3, 0.4) is 0 Å². The van der Waals surface area contributed by atoms with Crippen LogP contribution in [0.2, 0.25) is 36.3 Å². The maximum atomic E-state index is 6.15. The van der Waals surface area contributed by atoms with Crippen molar-refractivity contribution < 1.29 is 49.9 Å². The molecule has 0 amide bonds. The van der Waals surface area contributed by atoms with E-state index in [1.807, 2.05) is 18.6 Å². The predicted molar refractivity (Wildman–Crippen MR) is 226 cm³/mol. The molecule has 290 valence electrons. The number of ether oxygens (including phenoxy) is 4. The van der Waals surface area contributed by atoms with Crippen molar-refractivity contribution >= 4 is 59.9 Å². The minimum absolute atomic E-state index is 0. The summed E-state index contributed by atoms with van der Waals surface area (Å²) in [5, 5.41) is 3.02. The maximum absolute atomic E-state index is 6.15. The Morgan fingerprint density at radius 2 is 1.22 bits per heavy atom. The molecule has 2 spiro atoms. The van der Waals surface area contributed by atoms with Crippen molar-refractivity contribution in [1.82, 2.24) is 19.2 Å². The van der Waals surface area contributed by atoms with E-state index < -0.39 is 15.6 Å². The molecule has 0 unspecified atom stereocenters. The second-order valence-corrected chi connectivity index (χ2v) is 30.5. The zero-order valence-corrected chi connectivity index (χ0v) is 39.5. The fourth-order valence-corrected chi connectivity index (χ4v) is 8.67. The number of nitrogens with zero attached hydrogens (tertiary/aromatic N) is 3. The third-order valence-electron chi connectivity index (χ3n) is 12.4. The van der Waals surface area contributed by atoms with Crippen LogP contribution in [-0.4, -0.2) is 72.8 Å². The molecular weight excluding hydrogens is 739 g/mol. The summed E-state index contributed by atoms with van der Waals surface area (Å²) in [5.74, 6) is -0.693. The Morgan fingerprint density at radius 3 is 1.67 bits per heavy atom. The van der Waals surface area contributed by atoms with E-state index in [-0.39, 0.29) is 47.6 Å². The van der Waals surface area contributed by atoms with E-state index in [9.17, 15) is 0 Å². The van der Waals surface area contributed by atoms with Gasteiger partial charge in [-0.15, -0.1) is 0 Å². The molecule has 12 heteroatoms. The van der Waals surface area contributed by atoms with Crippen molar-refractivity contribution in [2.75, 3.05) is 26.4 Å². The third kappa shape index (κ3) is 9.57. The average molecular weight is 802 g/mol.